The first-order chi connectivity index (χ1) is 12.1. The Bertz CT molecular complexity index is 1150. The second-order valence-corrected chi connectivity index (χ2v) is 8.86. The van der Waals surface area contributed by atoms with Crippen molar-refractivity contribution in [3.05, 3.63) is 57.1 Å². The Hall–Kier alpha value is -2.85. The number of amides is 1. The van der Waals surface area contributed by atoms with E-state index in [0.29, 0.717) is 5.69 Å². The number of rotatable bonds is 4. The van der Waals surface area contributed by atoms with E-state index in [4.69, 9.17) is 0 Å². The van der Waals surface area contributed by atoms with Crippen LogP contribution in [-0.4, -0.2) is 30.5 Å². The summed E-state index contributed by atoms with van der Waals surface area (Å²) >= 11 is 1.47. The van der Waals surface area contributed by atoms with Gasteiger partial charge in [-0.2, -0.15) is 0 Å². The fraction of sp³-hybridized carbons (Fsp3) is 0.125. The van der Waals surface area contributed by atoms with Gasteiger partial charge in [0.05, 0.1) is 25.0 Å². The van der Waals surface area contributed by atoms with Crippen LogP contribution in [0.4, 0.5) is 11.4 Å². The summed E-state index contributed by atoms with van der Waals surface area (Å²) in [4.78, 5) is 26.8. The Morgan fingerprint density at radius 3 is 2.62 bits per heavy atom. The van der Waals surface area contributed by atoms with Crippen LogP contribution in [0.5, 0.6) is 0 Å². The lowest BCUT2D eigenvalue weighted by Gasteiger charge is -2.07. The van der Waals surface area contributed by atoms with Gasteiger partial charge in [0.1, 0.15) is 0 Å². The Kier molecular flexibility index (Phi) is 4.46. The fourth-order valence-electron chi connectivity index (χ4n) is 2.35. The van der Waals surface area contributed by atoms with Crippen molar-refractivity contribution in [2.75, 3.05) is 11.6 Å². The zero-order valence-electron chi connectivity index (χ0n) is 13.7. The molecule has 0 aliphatic carbocycles. The first-order valence-electron chi connectivity index (χ1n) is 7.31. The second kappa shape index (κ2) is 6.46. The van der Waals surface area contributed by atoms with Crippen LogP contribution < -0.4 is 5.32 Å². The summed E-state index contributed by atoms with van der Waals surface area (Å²) in [5, 5.41) is 14.6. The van der Waals surface area contributed by atoms with Crippen molar-refractivity contribution in [1.82, 2.24) is 4.98 Å². The smallest absolute Gasteiger partial charge is 0.271 e. The van der Waals surface area contributed by atoms with Crippen LogP contribution in [0, 0.1) is 17.0 Å². The molecule has 0 aliphatic heterocycles. The third-order valence-electron chi connectivity index (χ3n) is 3.55. The number of aryl methyl sites for hydroxylation is 1. The SMILES string of the molecule is Cc1nc2ccc(NC(=O)c3cc([N+](=O)[O-])cc(S(C)(=O)=O)c3)cc2s1. The number of hydrogen-bond acceptors (Lipinski definition) is 7. The van der Waals surface area contributed by atoms with E-state index in [1.54, 1.807) is 18.2 Å². The first-order valence-corrected chi connectivity index (χ1v) is 10.0. The highest BCUT2D eigenvalue weighted by molar-refractivity contribution is 7.90. The summed E-state index contributed by atoms with van der Waals surface area (Å²) in [6.45, 7) is 1.87. The minimum absolute atomic E-state index is 0.111. The summed E-state index contributed by atoms with van der Waals surface area (Å²) in [6.07, 6.45) is 0.924. The average molecular weight is 391 g/mol. The molecule has 10 heteroatoms. The number of carbonyl (C=O) groups is 1. The van der Waals surface area contributed by atoms with E-state index < -0.39 is 26.4 Å². The van der Waals surface area contributed by atoms with Crippen LogP contribution in [-0.2, 0) is 9.84 Å². The second-order valence-electron chi connectivity index (χ2n) is 5.61. The van der Waals surface area contributed by atoms with Gasteiger partial charge in [-0.15, -0.1) is 11.3 Å². The molecule has 0 spiro atoms. The first kappa shape index (κ1) is 18.0. The Morgan fingerprint density at radius 2 is 1.96 bits per heavy atom. The van der Waals surface area contributed by atoms with Crippen LogP contribution in [0.3, 0.4) is 0 Å². The normalized spacial score (nSPS) is 11.5. The van der Waals surface area contributed by atoms with Gasteiger partial charge in [0, 0.05) is 29.6 Å². The molecular formula is C16H13N3O5S2. The van der Waals surface area contributed by atoms with Crippen LogP contribution in [0.2, 0.25) is 0 Å². The Morgan fingerprint density at radius 1 is 1.23 bits per heavy atom. The molecule has 1 amide bonds. The summed E-state index contributed by atoms with van der Waals surface area (Å²) < 4.78 is 24.3. The van der Waals surface area contributed by atoms with E-state index in [0.717, 1.165) is 39.7 Å². The standard InChI is InChI=1S/C16H13N3O5S2/c1-9-17-14-4-3-11(7-15(14)25-9)18-16(20)10-5-12(19(21)22)8-13(6-10)26(2,23)24/h3-8H,1-2H3,(H,18,20). The number of anilines is 1. The molecule has 0 atom stereocenters. The molecule has 8 nitrogen and oxygen atoms in total. The van der Waals surface area contributed by atoms with E-state index in [-0.39, 0.29) is 10.5 Å². The van der Waals surface area contributed by atoms with Crippen molar-refractivity contribution in [3.63, 3.8) is 0 Å². The van der Waals surface area contributed by atoms with Crippen LogP contribution >= 0.6 is 11.3 Å². The van der Waals surface area contributed by atoms with Gasteiger partial charge in [0.2, 0.25) is 0 Å². The zero-order valence-corrected chi connectivity index (χ0v) is 15.3. The molecule has 0 saturated heterocycles. The number of nitro groups is 1. The number of fused-ring (bicyclic) bond motifs is 1. The van der Waals surface area contributed by atoms with Crippen LogP contribution in [0.25, 0.3) is 10.2 Å². The highest BCUT2D eigenvalue weighted by Crippen LogP contribution is 2.26. The number of carbonyl (C=O) groups excluding carboxylic acids is 1. The van der Waals surface area contributed by atoms with Crippen LogP contribution in [0.15, 0.2) is 41.3 Å². The van der Waals surface area contributed by atoms with Gasteiger partial charge < -0.3 is 5.32 Å². The van der Waals surface area contributed by atoms with Crippen molar-refractivity contribution in [1.29, 1.82) is 0 Å². The minimum atomic E-state index is -3.70. The Balaban J connectivity index is 1.97. The van der Waals surface area contributed by atoms with E-state index >= 15 is 0 Å². The summed E-state index contributed by atoms with van der Waals surface area (Å²) in [5.41, 5.74) is 0.714. The monoisotopic (exact) mass is 391 g/mol. The molecule has 0 bridgehead atoms. The summed E-state index contributed by atoms with van der Waals surface area (Å²) in [5.74, 6) is -0.640. The largest absolute Gasteiger partial charge is 0.322 e. The van der Waals surface area contributed by atoms with E-state index in [2.05, 4.69) is 10.3 Å². The van der Waals surface area contributed by atoms with Gasteiger partial charge in [-0.1, -0.05) is 0 Å². The third kappa shape index (κ3) is 3.70. The predicted molar refractivity (Wildman–Crippen MR) is 98.5 cm³/mol. The molecule has 0 radical (unpaired) electrons. The molecule has 0 fully saturated rings. The molecule has 2 aromatic carbocycles. The maximum Gasteiger partial charge on any atom is 0.271 e. The number of nitro benzene ring substituents is 1. The van der Waals surface area contributed by atoms with Crippen molar-refractivity contribution in [2.45, 2.75) is 11.8 Å². The lowest BCUT2D eigenvalue weighted by Crippen LogP contribution is -2.13. The predicted octanol–water partition coefficient (Wildman–Crippen LogP) is 3.17. The lowest BCUT2D eigenvalue weighted by atomic mass is 10.2. The molecule has 1 heterocycles. The van der Waals surface area contributed by atoms with Gasteiger partial charge in [-0.3, -0.25) is 14.9 Å². The molecule has 0 aliphatic rings. The fourth-order valence-corrected chi connectivity index (χ4v) is 3.90. The quantitative estimate of drug-likeness (QED) is 0.539. The minimum Gasteiger partial charge on any atom is -0.322 e. The number of sulfone groups is 1. The lowest BCUT2D eigenvalue weighted by molar-refractivity contribution is -0.385. The van der Waals surface area contributed by atoms with Crippen LogP contribution in [0.1, 0.15) is 15.4 Å². The van der Waals surface area contributed by atoms with Gasteiger partial charge in [0.15, 0.2) is 9.84 Å². The number of benzene rings is 2. The highest BCUT2D eigenvalue weighted by Gasteiger charge is 2.19. The number of aromatic nitrogens is 1. The topological polar surface area (TPSA) is 119 Å². The van der Waals surface area contributed by atoms with Crippen molar-refractivity contribution >= 4 is 48.7 Å². The van der Waals surface area contributed by atoms with E-state index in [1.165, 1.54) is 11.3 Å². The van der Waals surface area contributed by atoms with Gasteiger partial charge >= 0.3 is 0 Å². The third-order valence-corrected chi connectivity index (χ3v) is 5.57. The molecule has 1 N–H and O–H groups in total. The number of nitrogens with one attached hydrogen (secondary N) is 1. The number of nitrogens with zero attached hydrogens (tertiary/aromatic N) is 2. The summed E-state index contributed by atoms with van der Waals surface area (Å²) in [6, 6.07) is 8.25. The Labute approximate surface area is 152 Å². The maximum absolute atomic E-state index is 12.5. The summed E-state index contributed by atoms with van der Waals surface area (Å²) in [7, 11) is -3.70. The van der Waals surface area contributed by atoms with Crippen molar-refractivity contribution in [3.8, 4) is 0 Å². The molecule has 3 aromatic rings. The number of non-ortho nitro benzene ring substituents is 1. The maximum atomic E-state index is 12.5. The molecule has 0 saturated carbocycles. The van der Waals surface area contributed by atoms with Crippen molar-refractivity contribution < 1.29 is 18.1 Å². The van der Waals surface area contributed by atoms with Gasteiger partial charge in [-0.05, 0) is 31.2 Å². The van der Waals surface area contributed by atoms with Gasteiger partial charge in [0.25, 0.3) is 11.6 Å². The number of thiazole rings is 1. The molecular weight excluding hydrogens is 378 g/mol. The molecule has 3 rings (SSSR count). The molecule has 0 unspecified atom stereocenters. The number of hydrogen-bond donors (Lipinski definition) is 1. The average Bonchev–Trinajstić information content (AvgIpc) is 2.92. The van der Waals surface area contributed by atoms with Crippen molar-refractivity contribution in [2.24, 2.45) is 0 Å². The highest BCUT2D eigenvalue weighted by atomic mass is 32.2. The zero-order chi connectivity index (χ0) is 19.1. The molecule has 1 aromatic heterocycles. The molecule has 134 valence electrons. The van der Waals surface area contributed by atoms with E-state index in [1.807, 2.05) is 6.92 Å². The molecule has 26 heavy (non-hydrogen) atoms. The van der Waals surface area contributed by atoms with Gasteiger partial charge in [-0.25, -0.2) is 13.4 Å². The van der Waals surface area contributed by atoms with E-state index in [9.17, 15) is 23.3 Å².